The predicted octanol–water partition coefficient (Wildman–Crippen LogP) is 4.22. The fourth-order valence-electron chi connectivity index (χ4n) is 1.59. The van der Waals surface area contributed by atoms with E-state index in [1.807, 2.05) is 36.4 Å². The van der Waals surface area contributed by atoms with Gasteiger partial charge in [0.2, 0.25) is 0 Å². The molecule has 0 amide bonds. The smallest absolute Gasteiger partial charge is 0.132 e. The molecule has 94 valence electrons. The van der Waals surface area contributed by atoms with Crippen LogP contribution >= 0.6 is 23.4 Å². The molecule has 2 aromatic carbocycles. The summed E-state index contributed by atoms with van der Waals surface area (Å²) in [4.78, 5) is 1.11. The average Bonchev–Trinajstić information content (AvgIpc) is 2.38. The maximum Gasteiger partial charge on any atom is 0.132 e. The lowest BCUT2D eigenvalue weighted by Gasteiger charge is -2.09. The monoisotopic (exact) mass is 279 g/mol. The van der Waals surface area contributed by atoms with Crippen LogP contribution in [0.2, 0.25) is 5.02 Å². The van der Waals surface area contributed by atoms with Crippen molar-refractivity contribution in [1.82, 2.24) is 0 Å². The molecule has 18 heavy (non-hydrogen) atoms. The summed E-state index contributed by atoms with van der Waals surface area (Å²) in [6.07, 6.45) is 0. The SMILES string of the molecule is COc1ccccc1SCc1ccc(Cl)cc1N. The van der Waals surface area contributed by atoms with Gasteiger partial charge in [-0.25, -0.2) is 0 Å². The van der Waals surface area contributed by atoms with Crippen LogP contribution in [0, 0.1) is 0 Å². The lowest BCUT2D eigenvalue weighted by atomic mass is 10.2. The van der Waals surface area contributed by atoms with Gasteiger partial charge in [0.1, 0.15) is 5.75 Å². The summed E-state index contributed by atoms with van der Waals surface area (Å²) >= 11 is 7.57. The predicted molar refractivity (Wildman–Crippen MR) is 78.4 cm³/mol. The Balaban J connectivity index is 2.11. The third-order valence-electron chi connectivity index (χ3n) is 2.56. The van der Waals surface area contributed by atoms with Crippen molar-refractivity contribution in [3.63, 3.8) is 0 Å². The van der Waals surface area contributed by atoms with E-state index in [2.05, 4.69) is 0 Å². The molecule has 2 aromatic rings. The summed E-state index contributed by atoms with van der Waals surface area (Å²) in [5.41, 5.74) is 7.73. The molecule has 0 aliphatic carbocycles. The van der Waals surface area contributed by atoms with Crippen molar-refractivity contribution in [3.05, 3.63) is 53.1 Å². The molecule has 0 aromatic heterocycles. The summed E-state index contributed by atoms with van der Waals surface area (Å²) in [5.74, 6) is 1.68. The number of thioether (sulfide) groups is 1. The number of halogens is 1. The van der Waals surface area contributed by atoms with Gasteiger partial charge >= 0.3 is 0 Å². The minimum Gasteiger partial charge on any atom is -0.496 e. The number of hydrogen-bond donors (Lipinski definition) is 1. The van der Waals surface area contributed by atoms with Crippen molar-refractivity contribution in [1.29, 1.82) is 0 Å². The number of para-hydroxylation sites is 1. The Morgan fingerprint density at radius 3 is 2.72 bits per heavy atom. The topological polar surface area (TPSA) is 35.2 Å². The highest BCUT2D eigenvalue weighted by atomic mass is 35.5. The van der Waals surface area contributed by atoms with Crippen molar-refractivity contribution in [2.75, 3.05) is 12.8 Å². The van der Waals surface area contributed by atoms with Gasteiger partial charge in [0, 0.05) is 21.4 Å². The van der Waals surface area contributed by atoms with Gasteiger partial charge in [-0.15, -0.1) is 11.8 Å². The lowest BCUT2D eigenvalue weighted by Crippen LogP contribution is -1.93. The van der Waals surface area contributed by atoms with Crippen molar-refractivity contribution >= 4 is 29.1 Å². The van der Waals surface area contributed by atoms with Crippen LogP contribution in [-0.2, 0) is 5.75 Å². The number of nitrogen functional groups attached to an aromatic ring is 1. The number of ether oxygens (including phenoxy) is 1. The molecule has 0 heterocycles. The highest BCUT2D eigenvalue weighted by Crippen LogP contribution is 2.32. The van der Waals surface area contributed by atoms with Gasteiger partial charge in [-0.3, -0.25) is 0 Å². The standard InChI is InChI=1S/C14H14ClNOS/c1-17-13-4-2-3-5-14(13)18-9-10-6-7-11(15)8-12(10)16/h2-8H,9,16H2,1H3. The van der Waals surface area contributed by atoms with E-state index in [0.717, 1.165) is 27.6 Å². The Kier molecular flexibility index (Phi) is 4.39. The van der Waals surface area contributed by atoms with Crippen molar-refractivity contribution in [2.45, 2.75) is 10.6 Å². The molecule has 0 saturated carbocycles. The summed E-state index contributed by atoms with van der Waals surface area (Å²) in [6.45, 7) is 0. The zero-order valence-corrected chi connectivity index (χ0v) is 11.6. The quantitative estimate of drug-likeness (QED) is 0.672. The van der Waals surface area contributed by atoms with E-state index in [0.29, 0.717) is 5.02 Å². The van der Waals surface area contributed by atoms with E-state index in [-0.39, 0.29) is 0 Å². The lowest BCUT2D eigenvalue weighted by molar-refractivity contribution is 0.405. The molecule has 0 unspecified atom stereocenters. The second-order valence-corrected chi connectivity index (χ2v) is 5.24. The second-order valence-electron chi connectivity index (χ2n) is 3.78. The second kappa shape index (κ2) is 6.03. The number of hydrogen-bond acceptors (Lipinski definition) is 3. The summed E-state index contributed by atoms with van der Waals surface area (Å²) in [7, 11) is 1.68. The fourth-order valence-corrected chi connectivity index (χ4v) is 2.81. The number of methoxy groups -OCH3 is 1. The van der Waals surface area contributed by atoms with Crippen molar-refractivity contribution in [2.24, 2.45) is 0 Å². The van der Waals surface area contributed by atoms with Gasteiger partial charge in [0.05, 0.1) is 7.11 Å². The third kappa shape index (κ3) is 3.12. The Labute approximate surface area is 116 Å². The summed E-state index contributed by atoms with van der Waals surface area (Å²) in [5, 5.41) is 0.665. The molecule has 2 nitrogen and oxygen atoms in total. The fraction of sp³-hybridized carbons (Fsp3) is 0.143. The number of anilines is 1. The van der Waals surface area contributed by atoms with Crippen LogP contribution in [-0.4, -0.2) is 7.11 Å². The number of rotatable bonds is 4. The highest BCUT2D eigenvalue weighted by Gasteiger charge is 2.05. The van der Waals surface area contributed by atoms with Crippen molar-refractivity contribution in [3.8, 4) is 5.75 Å². The van der Waals surface area contributed by atoms with Crippen LogP contribution in [0.1, 0.15) is 5.56 Å². The zero-order valence-electron chi connectivity index (χ0n) is 10.0. The van der Waals surface area contributed by atoms with Crippen LogP contribution in [0.3, 0.4) is 0 Å². The molecule has 0 atom stereocenters. The Morgan fingerprint density at radius 2 is 2.00 bits per heavy atom. The molecule has 2 N–H and O–H groups in total. The first-order valence-electron chi connectivity index (χ1n) is 5.50. The first-order chi connectivity index (χ1) is 8.70. The number of nitrogens with two attached hydrogens (primary N) is 1. The molecule has 0 saturated heterocycles. The largest absolute Gasteiger partial charge is 0.496 e. The number of benzene rings is 2. The molecular weight excluding hydrogens is 266 g/mol. The van der Waals surface area contributed by atoms with E-state index in [1.165, 1.54) is 0 Å². The van der Waals surface area contributed by atoms with Crippen LogP contribution in [0.4, 0.5) is 5.69 Å². The normalized spacial score (nSPS) is 10.3. The zero-order chi connectivity index (χ0) is 13.0. The maximum absolute atomic E-state index is 5.93. The molecule has 0 aliphatic rings. The minimum absolute atomic E-state index is 0.665. The summed E-state index contributed by atoms with van der Waals surface area (Å²) < 4.78 is 5.31. The molecular formula is C14H14ClNOS. The van der Waals surface area contributed by atoms with Gasteiger partial charge in [0.25, 0.3) is 0 Å². The van der Waals surface area contributed by atoms with Crippen molar-refractivity contribution < 1.29 is 4.74 Å². The molecule has 4 heteroatoms. The molecule has 0 aliphatic heterocycles. The first-order valence-corrected chi connectivity index (χ1v) is 6.87. The van der Waals surface area contributed by atoms with Crippen LogP contribution in [0.25, 0.3) is 0 Å². The molecule has 0 bridgehead atoms. The van der Waals surface area contributed by atoms with E-state index in [9.17, 15) is 0 Å². The molecule has 0 spiro atoms. The molecule has 2 rings (SSSR count). The van der Waals surface area contributed by atoms with Gasteiger partial charge < -0.3 is 10.5 Å². The first kappa shape index (κ1) is 13.1. The van der Waals surface area contributed by atoms with E-state index in [4.69, 9.17) is 22.1 Å². The van der Waals surface area contributed by atoms with Crippen LogP contribution in [0.15, 0.2) is 47.4 Å². The molecule has 0 fully saturated rings. The Bertz CT molecular complexity index is 545. The molecule has 0 radical (unpaired) electrons. The van der Waals surface area contributed by atoms with Gasteiger partial charge in [-0.2, -0.15) is 0 Å². The minimum atomic E-state index is 0.665. The van der Waals surface area contributed by atoms with E-state index in [1.54, 1.807) is 24.9 Å². The van der Waals surface area contributed by atoms with Crippen LogP contribution < -0.4 is 10.5 Å². The Morgan fingerprint density at radius 1 is 1.22 bits per heavy atom. The average molecular weight is 280 g/mol. The third-order valence-corrected chi connectivity index (χ3v) is 3.90. The van der Waals surface area contributed by atoms with E-state index < -0.39 is 0 Å². The van der Waals surface area contributed by atoms with Gasteiger partial charge in [-0.1, -0.05) is 29.8 Å². The van der Waals surface area contributed by atoms with Gasteiger partial charge in [0.15, 0.2) is 0 Å². The Hall–Kier alpha value is -1.32. The maximum atomic E-state index is 5.93. The van der Waals surface area contributed by atoms with Crippen LogP contribution in [0.5, 0.6) is 5.75 Å². The van der Waals surface area contributed by atoms with Gasteiger partial charge in [-0.05, 0) is 29.8 Å². The highest BCUT2D eigenvalue weighted by molar-refractivity contribution is 7.98. The van der Waals surface area contributed by atoms with E-state index >= 15 is 0 Å². The summed E-state index contributed by atoms with van der Waals surface area (Å²) in [6, 6.07) is 13.5.